The van der Waals surface area contributed by atoms with Crippen molar-refractivity contribution in [1.29, 1.82) is 0 Å². The topological polar surface area (TPSA) is 82.5 Å². The normalized spacial score (nSPS) is 13.9. The molecule has 4 rings (SSSR count). The third kappa shape index (κ3) is 3.93. The highest BCUT2D eigenvalue weighted by Crippen LogP contribution is 2.34. The molecule has 0 saturated carbocycles. The summed E-state index contributed by atoms with van der Waals surface area (Å²) < 4.78 is 41.8. The molecule has 1 aliphatic rings. The van der Waals surface area contributed by atoms with Gasteiger partial charge in [0.15, 0.2) is 11.5 Å². The van der Waals surface area contributed by atoms with Crippen LogP contribution in [0.15, 0.2) is 59.6 Å². The lowest BCUT2D eigenvalue weighted by molar-refractivity contribution is 0.171. The van der Waals surface area contributed by atoms with Gasteiger partial charge < -0.3 is 9.47 Å². The van der Waals surface area contributed by atoms with Crippen LogP contribution in [0, 0.1) is 0 Å². The Morgan fingerprint density at radius 1 is 1.00 bits per heavy atom. The fraction of sp³-hybridized carbons (Fsp3) is 0.286. The Bertz CT molecular complexity index is 1130. The molecular weight excluding hydrogens is 390 g/mol. The van der Waals surface area contributed by atoms with E-state index in [1.54, 1.807) is 29.1 Å². The van der Waals surface area contributed by atoms with Crippen LogP contribution in [0.3, 0.4) is 0 Å². The first-order chi connectivity index (χ1) is 13.7. The van der Waals surface area contributed by atoms with Gasteiger partial charge in [-0.3, -0.25) is 4.72 Å². The van der Waals surface area contributed by atoms with Crippen LogP contribution in [0.2, 0.25) is 0 Å². The monoisotopic (exact) mass is 413 g/mol. The van der Waals surface area contributed by atoms with Crippen LogP contribution in [0.5, 0.6) is 11.5 Å². The van der Waals surface area contributed by atoms with Gasteiger partial charge in [0.05, 0.1) is 23.3 Å². The van der Waals surface area contributed by atoms with Crippen molar-refractivity contribution in [1.82, 2.24) is 9.78 Å². The van der Waals surface area contributed by atoms with Gasteiger partial charge in [0.1, 0.15) is 18.1 Å². The average molecular weight is 413 g/mol. The molecule has 1 aromatic heterocycles. The molecule has 152 valence electrons. The number of nitrogens with zero attached hydrogens (tertiary/aromatic N) is 2. The highest BCUT2D eigenvalue weighted by Gasteiger charge is 2.30. The Labute approximate surface area is 170 Å². The van der Waals surface area contributed by atoms with Crippen LogP contribution < -0.4 is 14.2 Å². The molecule has 0 radical (unpaired) electrons. The number of fused-ring (bicyclic) bond motifs is 1. The summed E-state index contributed by atoms with van der Waals surface area (Å²) in [5.41, 5.74) is 1.23. The Kier molecular flexibility index (Phi) is 4.74. The van der Waals surface area contributed by atoms with Crippen LogP contribution >= 0.6 is 0 Å². The van der Waals surface area contributed by atoms with Crippen LogP contribution in [-0.4, -0.2) is 31.4 Å². The zero-order valence-electron chi connectivity index (χ0n) is 16.5. The van der Waals surface area contributed by atoms with Crippen molar-refractivity contribution in [3.63, 3.8) is 0 Å². The minimum Gasteiger partial charge on any atom is -0.486 e. The van der Waals surface area contributed by atoms with Crippen molar-refractivity contribution in [2.24, 2.45) is 0 Å². The summed E-state index contributed by atoms with van der Waals surface area (Å²) in [6.45, 7) is 6.72. The van der Waals surface area contributed by atoms with E-state index in [4.69, 9.17) is 9.47 Å². The van der Waals surface area contributed by atoms with E-state index in [-0.39, 0.29) is 4.90 Å². The first-order valence-electron chi connectivity index (χ1n) is 9.32. The largest absolute Gasteiger partial charge is 0.486 e. The van der Waals surface area contributed by atoms with Crippen molar-refractivity contribution in [2.75, 3.05) is 17.9 Å². The van der Waals surface area contributed by atoms with Crippen molar-refractivity contribution in [2.45, 2.75) is 31.1 Å². The van der Waals surface area contributed by atoms with E-state index in [0.29, 0.717) is 36.1 Å². The van der Waals surface area contributed by atoms with Crippen molar-refractivity contribution in [3.8, 4) is 17.2 Å². The Hall–Kier alpha value is -3.00. The fourth-order valence-electron chi connectivity index (χ4n) is 3.10. The minimum atomic E-state index is -3.87. The number of hydrogen-bond acceptors (Lipinski definition) is 5. The number of anilines is 1. The molecule has 2 heterocycles. The summed E-state index contributed by atoms with van der Waals surface area (Å²) in [7, 11) is -3.87. The quantitative estimate of drug-likeness (QED) is 0.705. The summed E-state index contributed by atoms with van der Waals surface area (Å²) in [5, 5.41) is 4.58. The van der Waals surface area contributed by atoms with Gasteiger partial charge in [0.2, 0.25) is 0 Å². The molecule has 2 aromatic carbocycles. The molecule has 1 aliphatic heterocycles. The van der Waals surface area contributed by atoms with Crippen molar-refractivity contribution >= 4 is 15.7 Å². The zero-order chi connectivity index (χ0) is 20.6. The smallest absolute Gasteiger partial charge is 0.265 e. The minimum absolute atomic E-state index is 0.142. The Morgan fingerprint density at radius 2 is 1.69 bits per heavy atom. The number of rotatable bonds is 4. The van der Waals surface area contributed by atoms with E-state index < -0.39 is 15.4 Å². The molecule has 0 spiro atoms. The summed E-state index contributed by atoms with van der Waals surface area (Å²) in [6.07, 6.45) is 1.55. The van der Waals surface area contributed by atoms with Gasteiger partial charge in [-0.15, -0.1) is 0 Å². The van der Waals surface area contributed by atoms with Gasteiger partial charge in [-0.2, -0.15) is 5.10 Å². The molecule has 8 heteroatoms. The molecule has 0 aliphatic carbocycles. The number of sulfonamides is 1. The van der Waals surface area contributed by atoms with Gasteiger partial charge in [0.25, 0.3) is 10.0 Å². The van der Waals surface area contributed by atoms with Gasteiger partial charge in [0, 0.05) is 11.5 Å². The van der Waals surface area contributed by atoms with Crippen LogP contribution in [0.4, 0.5) is 5.69 Å². The van der Waals surface area contributed by atoms with E-state index in [1.807, 2.05) is 51.1 Å². The third-order valence-corrected chi connectivity index (χ3v) is 5.88. The van der Waals surface area contributed by atoms with Crippen LogP contribution in [0.1, 0.15) is 26.5 Å². The molecule has 1 N–H and O–H groups in total. The van der Waals surface area contributed by atoms with Gasteiger partial charge in [-0.25, -0.2) is 13.1 Å². The second-order valence-corrected chi connectivity index (χ2v) is 9.49. The molecule has 0 amide bonds. The van der Waals surface area contributed by atoms with E-state index in [9.17, 15) is 8.42 Å². The molecule has 0 atom stereocenters. The molecule has 7 nitrogen and oxygen atoms in total. The molecular formula is C21H23N3O4S. The molecule has 0 bridgehead atoms. The number of para-hydroxylation sites is 1. The lowest BCUT2D eigenvalue weighted by atomic mass is 9.92. The van der Waals surface area contributed by atoms with E-state index >= 15 is 0 Å². The number of benzene rings is 2. The lowest BCUT2D eigenvalue weighted by Gasteiger charge is -2.20. The predicted molar refractivity (Wildman–Crippen MR) is 111 cm³/mol. The summed E-state index contributed by atoms with van der Waals surface area (Å²) in [6, 6.07) is 14.4. The second-order valence-electron chi connectivity index (χ2n) is 7.84. The first kappa shape index (κ1) is 19.3. The van der Waals surface area contributed by atoms with Crippen LogP contribution in [-0.2, 0) is 15.4 Å². The summed E-state index contributed by atoms with van der Waals surface area (Å²) in [4.78, 5) is 0.142. The number of aromatic nitrogens is 2. The van der Waals surface area contributed by atoms with E-state index in [2.05, 4.69) is 9.82 Å². The lowest BCUT2D eigenvalue weighted by Crippen LogP contribution is -2.20. The van der Waals surface area contributed by atoms with E-state index in [1.165, 1.54) is 0 Å². The first-order valence-corrected chi connectivity index (χ1v) is 10.8. The highest BCUT2D eigenvalue weighted by molar-refractivity contribution is 7.92. The predicted octanol–water partition coefficient (Wildman–Crippen LogP) is 3.74. The SMILES string of the molecule is CC(C)(C)c1nn(-c2ccccc2)cc1S(=O)(=O)Nc1ccc2c(c1)OCCO2. The Morgan fingerprint density at radius 3 is 2.38 bits per heavy atom. The highest BCUT2D eigenvalue weighted by atomic mass is 32.2. The Balaban J connectivity index is 1.73. The molecule has 0 unspecified atom stereocenters. The van der Waals surface area contributed by atoms with E-state index in [0.717, 1.165) is 5.69 Å². The maximum atomic E-state index is 13.2. The maximum absolute atomic E-state index is 13.2. The number of ether oxygens (including phenoxy) is 2. The van der Waals surface area contributed by atoms with Gasteiger partial charge >= 0.3 is 0 Å². The maximum Gasteiger partial charge on any atom is 0.265 e. The van der Waals surface area contributed by atoms with Gasteiger partial charge in [-0.05, 0) is 24.3 Å². The van der Waals surface area contributed by atoms with Crippen molar-refractivity contribution in [3.05, 3.63) is 60.4 Å². The average Bonchev–Trinajstić information content (AvgIpc) is 3.15. The third-order valence-electron chi connectivity index (χ3n) is 4.50. The molecule has 29 heavy (non-hydrogen) atoms. The molecule has 3 aromatic rings. The fourth-order valence-corrected chi connectivity index (χ4v) is 4.49. The second kappa shape index (κ2) is 7.11. The standard InChI is InChI=1S/C21H23N3O4S/c1-21(2,3)20-19(14-24(22-20)16-7-5-4-6-8-16)29(25,26)23-15-9-10-17-18(13-15)28-12-11-27-17/h4-10,13-14,23H,11-12H2,1-3H3. The summed E-state index contributed by atoms with van der Waals surface area (Å²) >= 11 is 0. The van der Waals surface area contributed by atoms with Gasteiger partial charge in [-0.1, -0.05) is 39.0 Å². The number of nitrogens with one attached hydrogen (secondary N) is 1. The summed E-state index contributed by atoms with van der Waals surface area (Å²) in [5.74, 6) is 1.12. The van der Waals surface area contributed by atoms with Crippen molar-refractivity contribution < 1.29 is 17.9 Å². The van der Waals surface area contributed by atoms with Crippen LogP contribution in [0.25, 0.3) is 5.69 Å². The molecule has 0 fully saturated rings. The number of hydrogen-bond donors (Lipinski definition) is 1. The zero-order valence-corrected chi connectivity index (χ0v) is 17.4. The molecule has 0 saturated heterocycles.